The number of aryl methyl sites for hydroxylation is 1. The highest BCUT2D eigenvalue weighted by molar-refractivity contribution is 5.94. The Morgan fingerprint density at radius 3 is 2.00 bits per heavy atom. The van der Waals surface area contributed by atoms with E-state index >= 15 is 0 Å². The van der Waals surface area contributed by atoms with Gasteiger partial charge in [-0.15, -0.1) is 0 Å². The molecule has 0 fully saturated rings. The molecule has 0 atom stereocenters. The van der Waals surface area contributed by atoms with Crippen LogP contribution in [0.5, 0.6) is 0 Å². The summed E-state index contributed by atoms with van der Waals surface area (Å²) in [6.45, 7) is 5.97. The molecule has 1 aromatic heterocycles. The summed E-state index contributed by atoms with van der Waals surface area (Å²) < 4.78 is 0. The lowest BCUT2D eigenvalue weighted by molar-refractivity contribution is 0.0822. The Morgan fingerprint density at radius 2 is 1.69 bits per heavy atom. The molecule has 1 rings (SSSR count). The highest BCUT2D eigenvalue weighted by Gasteiger charge is 2.15. The maximum atomic E-state index is 11.6. The first-order chi connectivity index (χ1) is 5.95. The molecule has 1 heterocycles. The number of H-pyrrole nitrogens is 1. The van der Waals surface area contributed by atoms with E-state index in [-0.39, 0.29) is 5.91 Å². The van der Waals surface area contributed by atoms with E-state index < -0.39 is 0 Å². The molecule has 0 saturated carbocycles. The van der Waals surface area contributed by atoms with Gasteiger partial charge in [-0.2, -0.15) is 0 Å². The molecule has 0 aromatic carbocycles. The molecule has 0 aliphatic rings. The van der Waals surface area contributed by atoms with Crippen LogP contribution < -0.4 is 0 Å². The van der Waals surface area contributed by atoms with Gasteiger partial charge < -0.3 is 9.88 Å². The van der Waals surface area contributed by atoms with Gasteiger partial charge in [-0.1, -0.05) is 0 Å². The van der Waals surface area contributed by atoms with Crippen molar-refractivity contribution in [2.75, 3.05) is 14.1 Å². The van der Waals surface area contributed by atoms with Crippen molar-refractivity contribution < 1.29 is 4.79 Å². The number of hydrogen-bond donors (Lipinski definition) is 1. The summed E-state index contributed by atoms with van der Waals surface area (Å²) in [5.41, 5.74) is 4.00. The minimum atomic E-state index is 0.0358. The Kier molecular flexibility index (Phi) is 2.45. The fourth-order valence-corrected chi connectivity index (χ4v) is 1.28. The van der Waals surface area contributed by atoms with Gasteiger partial charge in [-0.05, 0) is 31.9 Å². The van der Waals surface area contributed by atoms with Crippen molar-refractivity contribution in [3.05, 3.63) is 22.5 Å². The van der Waals surface area contributed by atoms with Crippen LogP contribution >= 0.6 is 0 Å². The molecular formula is C10H16N2O. The lowest BCUT2D eigenvalue weighted by Gasteiger charge is -2.09. The summed E-state index contributed by atoms with van der Waals surface area (Å²) in [4.78, 5) is 16.3. The highest BCUT2D eigenvalue weighted by atomic mass is 16.2. The molecule has 72 valence electrons. The Labute approximate surface area is 78.8 Å². The summed E-state index contributed by atoms with van der Waals surface area (Å²) in [7, 11) is 3.51. The van der Waals surface area contributed by atoms with E-state index in [0.29, 0.717) is 5.69 Å². The van der Waals surface area contributed by atoms with E-state index in [0.717, 1.165) is 11.3 Å². The minimum Gasteiger partial charge on any atom is -0.354 e. The zero-order valence-corrected chi connectivity index (χ0v) is 8.86. The number of carbonyl (C=O) groups is 1. The van der Waals surface area contributed by atoms with E-state index in [2.05, 4.69) is 4.98 Å². The van der Waals surface area contributed by atoms with Crippen LogP contribution in [0.2, 0.25) is 0 Å². The van der Waals surface area contributed by atoms with Gasteiger partial charge in [0.2, 0.25) is 0 Å². The van der Waals surface area contributed by atoms with Crippen molar-refractivity contribution in [3.8, 4) is 0 Å². The van der Waals surface area contributed by atoms with Crippen molar-refractivity contribution in [1.82, 2.24) is 9.88 Å². The van der Waals surface area contributed by atoms with Crippen molar-refractivity contribution >= 4 is 5.91 Å². The molecular weight excluding hydrogens is 164 g/mol. The lowest BCUT2D eigenvalue weighted by atomic mass is 10.1. The molecule has 0 saturated heterocycles. The SMILES string of the molecule is Cc1[nH]c(C(=O)N(C)C)c(C)c1C. The van der Waals surface area contributed by atoms with E-state index in [4.69, 9.17) is 0 Å². The van der Waals surface area contributed by atoms with Gasteiger partial charge in [0, 0.05) is 19.8 Å². The second-order valence-corrected chi connectivity index (χ2v) is 3.57. The summed E-state index contributed by atoms with van der Waals surface area (Å²) in [5.74, 6) is 0.0358. The standard InChI is InChI=1S/C10H16N2O/c1-6-7(2)9(11-8(6)3)10(13)12(4)5/h11H,1-5H3. The summed E-state index contributed by atoms with van der Waals surface area (Å²) >= 11 is 0. The quantitative estimate of drug-likeness (QED) is 0.700. The maximum absolute atomic E-state index is 11.6. The molecule has 0 radical (unpaired) electrons. The van der Waals surface area contributed by atoms with Crippen LogP contribution in [0, 0.1) is 20.8 Å². The predicted molar refractivity (Wildman–Crippen MR) is 53.0 cm³/mol. The van der Waals surface area contributed by atoms with E-state index in [1.807, 2.05) is 20.8 Å². The summed E-state index contributed by atoms with van der Waals surface area (Å²) in [6.07, 6.45) is 0. The first-order valence-electron chi connectivity index (χ1n) is 4.32. The first-order valence-corrected chi connectivity index (χ1v) is 4.32. The van der Waals surface area contributed by atoms with Crippen LogP contribution in [-0.2, 0) is 0 Å². The van der Waals surface area contributed by atoms with Crippen LogP contribution in [0.25, 0.3) is 0 Å². The third kappa shape index (κ3) is 1.59. The van der Waals surface area contributed by atoms with Crippen LogP contribution in [0.1, 0.15) is 27.3 Å². The van der Waals surface area contributed by atoms with Crippen molar-refractivity contribution in [2.24, 2.45) is 0 Å². The van der Waals surface area contributed by atoms with E-state index in [9.17, 15) is 4.79 Å². The Balaban J connectivity index is 3.16. The summed E-state index contributed by atoms with van der Waals surface area (Å²) in [5, 5.41) is 0. The number of aromatic nitrogens is 1. The van der Waals surface area contributed by atoms with Crippen molar-refractivity contribution in [2.45, 2.75) is 20.8 Å². The molecule has 13 heavy (non-hydrogen) atoms. The minimum absolute atomic E-state index is 0.0358. The molecule has 0 aliphatic carbocycles. The fraction of sp³-hybridized carbons (Fsp3) is 0.500. The molecule has 0 bridgehead atoms. The topological polar surface area (TPSA) is 36.1 Å². The molecule has 0 spiro atoms. The van der Waals surface area contributed by atoms with Gasteiger partial charge >= 0.3 is 0 Å². The second kappa shape index (κ2) is 3.24. The van der Waals surface area contributed by atoms with Gasteiger partial charge in [-0.25, -0.2) is 0 Å². The van der Waals surface area contributed by atoms with Gasteiger partial charge in [-0.3, -0.25) is 4.79 Å². The lowest BCUT2D eigenvalue weighted by Crippen LogP contribution is -2.22. The van der Waals surface area contributed by atoms with Crippen LogP contribution in [0.4, 0.5) is 0 Å². The van der Waals surface area contributed by atoms with Gasteiger partial charge in [0.05, 0.1) is 0 Å². The molecule has 3 nitrogen and oxygen atoms in total. The molecule has 1 amide bonds. The number of aromatic amines is 1. The number of carbonyl (C=O) groups excluding carboxylic acids is 1. The van der Waals surface area contributed by atoms with Crippen LogP contribution in [-0.4, -0.2) is 29.9 Å². The summed E-state index contributed by atoms with van der Waals surface area (Å²) in [6, 6.07) is 0. The Morgan fingerprint density at radius 1 is 1.15 bits per heavy atom. The maximum Gasteiger partial charge on any atom is 0.270 e. The van der Waals surface area contributed by atoms with Crippen LogP contribution in [0.3, 0.4) is 0 Å². The first kappa shape index (κ1) is 9.84. The zero-order valence-electron chi connectivity index (χ0n) is 8.86. The number of nitrogens with one attached hydrogen (secondary N) is 1. The number of nitrogens with zero attached hydrogens (tertiary/aromatic N) is 1. The van der Waals surface area contributed by atoms with Gasteiger partial charge in [0.15, 0.2) is 0 Å². The average molecular weight is 180 g/mol. The Bertz CT molecular complexity index is 337. The number of rotatable bonds is 1. The molecule has 0 unspecified atom stereocenters. The number of amides is 1. The predicted octanol–water partition coefficient (Wildman–Crippen LogP) is 1.64. The zero-order chi connectivity index (χ0) is 10.2. The van der Waals surface area contributed by atoms with Crippen molar-refractivity contribution in [3.63, 3.8) is 0 Å². The molecule has 0 aliphatic heterocycles. The van der Waals surface area contributed by atoms with E-state index in [1.165, 1.54) is 5.56 Å². The Hall–Kier alpha value is -1.25. The highest BCUT2D eigenvalue weighted by Crippen LogP contribution is 2.16. The van der Waals surface area contributed by atoms with Gasteiger partial charge in [0.25, 0.3) is 5.91 Å². The van der Waals surface area contributed by atoms with Crippen molar-refractivity contribution in [1.29, 1.82) is 0 Å². The van der Waals surface area contributed by atoms with E-state index in [1.54, 1.807) is 19.0 Å². The third-order valence-corrected chi connectivity index (χ3v) is 2.43. The third-order valence-electron chi connectivity index (χ3n) is 2.43. The molecule has 3 heteroatoms. The molecule has 1 N–H and O–H groups in total. The number of hydrogen-bond acceptors (Lipinski definition) is 1. The molecule has 1 aromatic rings. The van der Waals surface area contributed by atoms with Gasteiger partial charge in [0.1, 0.15) is 5.69 Å². The second-order valence-electron chi connectivity index (χ2n) is 3.57. The monoisotopic (exact) mass is 180 g/mol. The largest absolute Gasteiger partial charge is 0.354 e. The smallest absolute Gasteiger partial charge is 0.270 e. The fourth-order valence-electron chi connectivity index (χ4n) is 1.28. The average Bonchev–Trinajstić information content (AvgIpc) is 2.31. The van der Waals surface area contributed by atoms with Crippen LogP contribution in [0.15, 0.2) is 0 Å². The normalized spacial score (nSPS) is 10.2.